The molecule has 0 spiro atoms. The molecule has 0 radical (unpaired) electrons. The first-order valence-corrected chi connectivity index (χ1v) is 9.27. The summed E-state index contributed by atoms with van der Waals surface area (Å²) in [7, 11) is 0. The van der Waals surface area contributed by atoms with E-state index in [-0.39, 0.29) is 6.10 Å². The number of ether oxygens (including phenoxy) is 1. The van der Waals surface area contributed by atoms with Crippen molar-refractivity contribution in [3.63, 3.8) is 0 Å². The fourth-order valence-corrected chi connectivity index (χ4v) is 4.32. The van der Waals surface area contributed by atoms with Crippen LogP contribution in [0.15, 0.2) is 35.5 Å². The van der Waals surface area contributed by atoms with Crippen LogP contribution in [-0.4, -0.2) is 50.4 Å². The summed E-state index contributed by atoms with van der Waals surface area (Å²) < 4.78 is 7.66. The molecule has 1 aliphatic heterocycles. The molecule has 6 nitrogen and oxygen atoms in total. The van der Waals surface area contributed by atoms with E-state index in [2.05, 4.69) is 37.9 Å². The van der Waals surface area contributed by atoms with Crippen LogP contribution < -0.4 is 0 Å². The van der Waals surface area contributed by atoms with Crippen LogP contribution >= 0.6 is 22.7 Å². The average Bonchev–Trinajstić information content (AvgIpc) is 3.30. The predicted molar refractivity (Wildman–Crippen MR) is 90.5 cm³/mol. The number of thiophene rings is 1. The van der Waals surface area contributed by atoms with Crippen LogP contribution in [0, 0.1) is 0 Å². The molecule has 0 aliphatic carbocycles. The molecule has 0 unspecified atom stereocenters. The highest BCUT2D eigenvalue weighted by atomic mass is 32.1. The predicted octanol–water partition coefficient (Wildman–Crippen LogP) is 2.36. The molecule has 8 heteroatoms. The number of hydrogen-bond donors (Lipinski definition) is 0. The Labute approximate surface area is 142 Å². The van der Waals surface area contributed by atoms with E-state index in [0.29, 0.717) is 0 Å². The lowest BCUT2D eigenvalue weighted by molar-refractivity contribution is -0.0405. The van der Waals surface area contributed by atoms with Crippen molar-refractivity contribution in [1.82, 2.24) is 24.6 Å². The summed E-state index contributed by atoms with van der Waals surface area (Å²) >= 11 is 3.46. The minimum Gasteiger partial charge on any atom is -0.374 e. The normalized spacial score (nSPS) is 19.2. The van der Waals surface area contributed by atoms with Crippen LogP contribution in [0.1, 0.15) is 5.69 Å². The summed E-state index contributed by atoms with van der Waals surface area (Å²) in [5.74, 6) is 0. The fraction of sp³-hybridized carbons (Fsp3) is 0.400. The third kappa shape index (κ3) is 3.66. The van der Waals surface area contributed by atoms with E-state index in [4.69, 9.17) is 9.72 Å². The zero-order valence-corrected chi connectivity index (χ0v) is 14.2. The molecular weight excluding hydrogens is 330 g/mol. The van der Waals surface area contributed by atoms with E-state index in [1.54, 1.807) is 35.3 Å². The second-order valence-electron chi connectivity index (χ2n) is 5.47. The summed E-state index contributed by atoms with van der Waals surface area (Å²) in [6.45, 7) is 4.21. The van der Waals surface area contributed by atoms with Crippen molar-refractivity contribution < 1.29 is 4.74 Å². The maximum Gasteiger partial charge on any atom is 0.137 e. The lowest BCUT2D eigenvalue weighted by atomic mass is 10.2. The van der Waals surface area contributed by atoms with E-state index in [0.717, 1.165) is 43.5 Å². The average molecular weight is 347 g/mol. The largest absolute Gasteiger partial charge is 0.374 e. The minimum absolute atomic E-state index is 0.154. The maximum atomic E-state index is 5.84. The van der Waals surface area contributed by atoms with Crippen molar-refractivity contribution >= 4 is 22.7 Å². The summed E-state index contributed by atoms with van der Waals surface area (Å²) in [4.78, 5) is 12.4. The van der Waals surface area contributed by atoms with Gasteiger partial charge in [0.05, 0.1) is 29.8 Å². The van der Waals surface area contributed by atoms with Crippen LogP contribution in [-0.2, 0) is 17.8 Å². The Bertz CT molecular complexity index is 725. The van der Waals surface area contributed by atoms with Crippen molar-refractivity contribution in [3.8, 4) is 9.88 Å². The molecule has 1 saturated heterocycles. The Balaban J connectivity index is 1.37. The van der Waals surface area contributed by atoms with Crippen molar-refractivity contribution in [2.45, 2.75) is 19.2 Å². The van der Waals surface area contributed by atoms with E-state index >= 15 is 0 Å². The van der Waals surface area contributed by atoms with Gasteiger partial charge in [-0.1, -0.05) is 6.07 Å². The van der Waals surface area contributed by atoms with Gasteiger partial charge < -0.3 is 4.74 Å². The Morgan fingerprint density at radius 3 is 3.17 bits per heavy atom. The molecule has 0 N–H and O–H groups in total. The second-order valence-corrected chi connectivity index (χ2v) is 7.27. The highest BCUT2D eigenvalue weighted by molar-refractivity contribution is 7.20. The molecule has 23 heavy (non-hydrogen) atoms. The van der Waals surface area contributed by atoms with Gasteiger partial charge in [0.15, 0.2) is 0 Å². The molecular formula is C15H17N5OS2. The van der Waals surface area contributed by atoms with Crippen LogP contribution in [0.5, 0.6) is 0 Å². The summed E-state index contributed by atoms with van der Waals surface area (Å²) in [6, 6.07) is 4.19. The molecule has 4 rings (SSSR count). The molecule has 0 aromatic carbocycles. The Morgan fingerprint density at radius 1 is 1.35 bits per heavy atom. The Kier molecular flexibility index (Phi) is 4.47. The molecule has 1 atom stereocenters. The monoisotopic (exact) mass is 347 g/mol. The number of nitrogens with zero attached hydrogens (tertiary/aromatic N) is 5. The first-order valence-electron chi connectivity index (χ1n) is 7.51. The van der Waals surface area contributed by atoms with E-state index < -0.39 is 0 Å². The smallest absolute Gasteiger partial charge is 0.137 e. The molecule has 120 valence electrons. The molecule has 4 heterocycles. The van der Waals surface area contributed by atoms with Gasteiger partial charge in [0.1, 0.15) is 17.7 Å². The molecule has 0 amide bonds. The number of hydrogen-bond acceptors (Lipinski definition) is 7. The first kappa shape index (κ1) is 14.9. The van der Waals surface area contributed by atoms with Crippen LogP contribution in [0.3, 0.4) is 0 Å². The number of morpholine rings is 1. The number of rotatable bonds is 5. The summed E-state index contributed by atoms with van der Waals surface area (Å²) in [5, 5.41) is 9.52. The maximum absolute atomic E-state index is 5.84. The van der Waals surface area contributed by atoms with Gasteiger partial charge in [0.25, 0.3) is 0 Å². The molecule has 0 saturated carbocycles. The standard InChI is InChI=1S/C15H17N5OS2/c1-2-14(22-5-1)15-18-12(9-23-15)6-19-3-4-21-13(7-19)8-20-11-16-10-17-20/h1-2,5,9-11,13H,3-4,6-8H2/t13-/m0/s1. The van der Waals surface area contributed by atoms with E-state index in [1.165, 1.54) is 4.88 Å². The van der Waals surface area contributed by atoms with Crippen LogP contribution in [0.25, 0.3) is 9.88 Å². The van der Waals surface area contributed by atoms with Gasteiger partial charge in [-0.25, -0.2) is 9.97 Å². The highest BCUT2D eigenvalue weighted by Gasteiger charge is 2.22. The van der Waals surface area contributed by atoms with Gasteiger partial charge >= 0.3 is 0 Å². The van der Waals surface area contributed by atoms with Crippen molar-refractivity contribution in [1.29, 1.82) is 0 Å². The van der Waals surface area contributed by atoms with Gasteiger partial charge in [-0.3, -0.25) is 9.58 Å². The molecule has 3 aromatic rings. The molecule has 1 fully saturated rings. The van der Waals surface area contributed by atoms with Crippen LogP contribution in [0.4, 0.5) is 0 Å². The quantitative estimate of drug-likeness (QED) is 0.709. The molecule has 1 aliphatic rings. The topological polar surface area (TPSA) is 56.1 Å². The fourth-order valence-electron chi connectivity index (χ4n) is 2.69. The second kappa shape index (κ2) is 6.88. The van der Waals surface area contributed by atoms with Gasteiger partial charge in [-0.2, -0.15) is 5.10 Å². The zero-order valence-electron chi connectivity index (χ0n) is 12.5. The van der Waals surface area contributed by atoms with Crippen molar-refractivity contribution in [2.24, 2.45) is 0 Å². The lowest BCUT2D eigenvalue weighted by Crippen LogP contribution is -2.43. The van der Waals surface area contributed by atoms with Gasteiger partial charge in [-0.05, 0) is 11.4 Å². The third-order valence-corrected chi connectivity index (χ3v) is 5.68. The Hall–Kier alpha value is -1.61. The van der Waals surface area contributed by atoms with Gasteiger partial charge in [0.2, 0.25) is 0 Å². The molecule has 3 aromatic heterocycles. The minimum atomic E-state index is 0.154. The van der Waals surface area contributed by atoms with Gasteiger partial charge in [0, 0.05) is 25.0 Å². The van der Waals surface area contributed by atoms with Gasteiger partial charge in [-0.15, -0.1) is 22.7 Å². The Morgan fingerprint density at radius 2 is 2.35 bits per heavy atom. The summed E-state index contributed by atoms with van der Waals surface area (Å²) in [6.07, 6.45) is 3.44. The van der Waals surface area contributed by atoms with Crippen molar-refractivity contribution in [3.05, 3.63) is 41.2 Å². The first-order chi connectivity index (χ1) is 11.4. The SMILES string of the molecule is c1csc(-c2nc(CN3CCO[C@H](Cn4cncn4)C3)cs2)c1. The van der Waals surface area contributed by atoms with Crippen LogP contribution in [0.2, 0.25) is 0 Å². The molecule has 0 bridgehead atoms. The van der Waals surface area contributed by atoms with E-state index in [9.17, 15) is 0 Å². The zero-order chi connectivity index (χ0) is 15.5. The third-order valence-electron chi connectivity index (χ3n) is 3.75. The highest BCUT2D eigenvalue weighted by Crippen LogP contribution is 2.28. The van der Waals surface area contributed by atoms with E-state index in [1.807, 2.05) is 4.68 Å². The van der Waals surface area contributed by atoms with Crippen molar-refractivity contribution in [2.75, 3.05) is 19.7 Å². The number of aromatic nitrogens is 4. The number of thiazole rings is 1. The summed E-state index contributed by atoms with van der Waals surface area (Å²) in [5.41, 5.74) is 1.14. The lowest BCUT2D eigenvalue weighted by Gasteiger charge is -2.32.